The van der Waals surface area contributed by atoms with Gasteiger partial charge in [-0.05, 0) is 25.7 Å². The molecule has 0 aromatic carbocycles. The van der Waals surface area contributed by atoms with Crippen LogP contribution in [0.1, 0.15) is 32.6 Å². The molecule has 1 unspecified atom stereocenters. The van der Waals surface area contributed by atoms with Crippen LogP contribution in [0.25, 0.3) is 0 Å². The Morgan fingerprint density at radius 1 is 1.31 bits per heavy atom. The highest BCUT2D eigenvalue weighted by molar-refractivity contribution is 4.67. The summed E-state index contributed by atoms with van der Waals surface area (Å²) in [7, 11) is 0. The van der Waals surface area contributed by atoms with E-state index in [9.17, 15) is 13.2 Å². The van der Waals surface area contributed by atoms with Crippen molar-refractivity contribution in [3.63, 3.8) is 0 Å². The second-order valence-corrected chi connectivity index (χ2v) is 4.54. The molecule has 16 heavy (non-hydrogen) atoms. The Morgan fingerprint density at radius 3 is 2.50 bits per heavy atom. The summed E-state index contributed by atoms with van der Waals surface area (Å²) < 4.78 is 41.0. The van der Waals surface area contributed by atoms with Gasteiger partial charge in [-0.1, -0.05) is 12.8 Å². The molecule has 1 N–H and O–H groups in total. The van der Waals surface area contributed by atoms with E-state index in [0.29, 0.717) is 12.5 Å². The van der Waals surface area contributed by atoms with Crippen molar-refractivity contribution >= 4 is 0 Å². The molecule has 1 saturated carbocycles. The van der Waals surface area contributed by atoms with Crippen molar-refractivity contribution in [2.75, 3.05) is 19.7 Å². The van der Waals surface area contributed by atoms with E-state index >= 15 is 0 Å². The first-order chi connectivity index (χ1) is 7.47. The largest absolute Gasteiger partial charge is 0.401 e. The first-order valence-electron chi connectivity index (χ1n) is 5.86. The van der Waals surface area contributed by atoms with Gasteiger partial charge in [0.25, 0.3) is 0 Å². The second-order valence-electron chi connectivity index (χ2n) is 4.54. The molecule has 1 atom stereocenters. The molecular weight excluding hydrogens is 219 g/mol. The zero-order chi connectivity index (χ0) is 12.0. The van der Waals surface area contributed by atoms with Crippen molar-refractivity contribution in [1.82, 2.24) is 5.32 Å². The fourth-order valence-electron chi connectivity index (χ4n) is 1.95. The maximum atomic E-state index is 11.8. The molecule has 0 amide bonds. The van der Waals surface area contributed by atoms with Gasteiger partial charge < -0.3 is 10.1 Å². The van der Waals surface area contributed by atoms with Crippen LogP contribution >= 0.6 is 0 Å². The van der Waals surface area contributed by atoms with E-state index in [2.05, 4.69) is 5.32 Å². The van der Waals surface area contributed by atoms with Crippen molar-refractivity contribution in [2.24, 2.45) is 5.92 Å². The maximum Gasteiger partial charge on any atom is 0.401 e. The van der Waals surface area contributed by atoms with Crippen LogP contribution in [0.5, 0.6) is 0 Å². The summed E-state index contributed by atoms with van der Waals surface area (Å²) in [5.41, 5.74) is 0. The third-order valence-electron chi connectivity index (χ3n) is 2.85. The topological polar surface area (TPSA) is 21.3 Å². The van der Waals surface area contributed by atoms with Crippen LogP contribution < -0.4 is 5.32 Å². The molecule has 1 aliphatic rings. The van der Waals surface area contributed by atoms with Gasteiger partial charge in [0.2, 0.25) is 0 Å². The van der Waals surface area contributed by atoms with Crippen LogP contribution in [-0.2, 0) is 4.74 Å². The van der Waals surface area contributed by atoms with Crippen molar-refractivity contribution in [1.29, 1.82) is 0 Å². The van der Waals surface area contributed by atoms with Crippen LogP contribution in [0.3, 0.4) is 0 Å². The lowest BCUT2D eigenvalue weighted by molar-refractivity contribution is -0.125. The first-order valence-corrected chi connectivity index (χ1v) is 5.86. The van der Waals surface area contributed by atoms with Crippen LogP contribution in [-0.4, -0.2) is 32.0 Å². The number of nitrogens with one attached hydrogen (secondary N) is 1. The highest BCUT2D eigenvalue weighted by atomic mass is 19.4. The van der Waals surface area contributed by atoms with Crippen LogP contribution in [0.2, 0.25) is 0 Å². The zero-order valence-corrected chi connectivity index (χ0v) is 9.65. The van der Waals surface area contributed by atoms with Crippen LogP contribution in [0, 0.1) is 5.92 Å². The predicted octanol–water partition coefficient (Wildman–Crippen LogP) is 2.73. The lowest BCUT2D eigenvalue weighted by Crippen LogP contribution is -2.35. The van der Waals surface area contributed by atoms with E-state index in [0.717, 1.165) is 0 Å². The number of halogens is 3. The summed E-state index contributed by atoms with van der Waals surface area (Å²) in [5.74, 6) is 0.616. The Labute approximate surface area is 94.5 Å². The van der Waals surface area contributed by atoms with Crippen LogP contribution in [0.15, 0.2) is 0 Å². The molecule has 0 bridgehead atoms. The fraction of sp³-hybridized carbons (Fsp3) is 1.00. The first kappa shape index (κ1) is 13.8. The maximum absolute atomic E-state index is 11.8. The summed E-state index contributed by atoms with van der Waals surface area (Å²) in [6.45, 7) is 1.81. The van der Waals surface area contributed by atoms with Gasteiger partial charge in [-0.3, -0.25) is 0 Å². The molecule has 0 heterocycles. The highest BCUT2D eigenvalue weighted by Gasteiger charge is 2.26. The van der Waals surface area contributed by atoms with Gasteiger partial charge in [0, 0.05) is 13.2 Å². The highest BCUT2D eigenvalue weighted by Crippen LogP contribution is 2.24. The van der Waals surface area contributed by atoms with E-state index in [1.54, 1.807) is 6.92 Å². The minimum atomic E-state index is -4.13. The Balaban J connectivity index is 2.00. The normalized spacial score (nSPS) is 20.2. The molecule has 0 aromatic rings. The average Bonchev–Trinajstić information content (AvgIpc) is 2.65. The quantitative estimate of drug-likeness (QED) is 0.769. The average molecular weight is 239 g/mol. The third kappa shape index (κ3) is 6.33. The van der Waals surface area contributed by atoms with Crippen molar-refractivity contribution in [3.8, 4) is 0 Å². The summed E-state index contributed by atoms with van der Waals surface area (Å²) in [4.78, 5) is 0. The van der Waals surface area contributed by atoms with Gasteiger partial charge >= 0.3 is 6.18 Å². The summed E-state index contributed by atoms with van der Waals surface area (Å²) in [5, 5.41) is 2.35. The van der Waals surface area contributed by atoms with Gasteiger partial charge in [-0.25, -0.2) is 0 Å². The lowest BCUT2D eigenvalue weighted by Gasteiger charge is -2.17. The predicted molar refractivity (Wildman–Crippen MR) is 56.3 cm³/mol. The number of alkyl halides is 3. The van der Waals surface area contributed by atoms with Gasteiger partial charge in [0.1, 0.15) is 0 Å². The van der Waals surface area contributed by atoms with Gasteiger partial charge in [-0.15, -0.1) is 0 Å². The fourth-order valence-corrected chi connectivity index (χ4v) is 1.95. The Morgan fingerprint density at radius 2 is 1.94 bits per heavy atom. The molecule has 1 rings (SSSR count). The minimum absolute atomic E-state index is 0.150. The summed E-state index contributed by atoms with van der Waals surface area (Å²) >= 11 is 0. The standard InChI is InChI=1S/C11H20F3NO/c1-9(6-15-8-11(12,13)14)16-7-10-4-2-3-5-10/h9-10,15H,2-8H2,1H3. The molecule has 0 aromatic heterocycles. The minimum Gasteiger partial charge on any atom is -0.377 e. The molecule has 5 heteroatoms. The summed E-state index contributed by atoms with van der Waals surface area (Å²) in [6, 6.07) is 0. The van der Waals surface area contributed by atoms with Crippen molar-refractivity contribution in [2.45, 2.75) is 44.9 Å². The van der Waals surface area contributed by atoms with E-state index in [4.69, 9.17) is 4.74 Å². The van der Waals surface area contributed by atoms with E-state index < -0.39 is 12.7 Å². The molecule has 0 saturated heterocycles. The molecule has 96 valence electrons. The van der Waals surface area contributed by atoms with Crippen LogP contribution in [0.4, 0.5) is 13.2 Å². The zero-order valence-electron chi connectivity index (χ0n) is 9.65. The van der Waals surface area contributed by atoms with Gasteiger partial charge in [-0.2, -0.15) is 13.2 Å². The van der Waals surface area contributed by atoms with E-state index in [-0.39, 0.29) is 12.6 Å². The molecular formula is C11H20F3NO. The molecule has 0 aliphatic heterocycles. The third-order valence-corrected chi connectivity index (χ3v) is 2.85. The lowest BCUT2D eigenvalue weighted by atomic mass is 10.1. The summed E-state index contributed by atoms with van der Waals surface area (Å²) in [6.07, 6.45) is 0.628. The number of hydrogen-bond acceptors (Lipinski definition) is 2. The smallest absolute Gasteiger partial charge is 0.377 e. The molecule has 2 nitrogen and oxygen atoms in total. The molecule has 0 spiro atoms. The number of ether oxygens (including phenoxy) is 1. The van der Waals surface area contributed by atoms with Crippen molar-refractivity contribution < 1.29 is 17.9 Å². The molecule has 0 radical (unpaired) electrons. The SMILES string of the molecule is CC(CNCC(F)(F)F)OCC1CCCC1. The van der Waals surface area contributed by atoms with Gasteiger partial charge in [0.05, 0.1) is 12.6 Å². The number of rotatable bonds is 6. The number of hydrogen-bond donors (Lipinski definition) is 1. The second kappa shape index (κ2) is 6.45. The Bertz CT molecular complexity index is 190. The van der Waals surface area contributed by atoms with E-state index in [1.807, 2.05) is 0 Å². The monoisotopic (exact) mass is 239 g/mol. The molecule has 1 fully saturated rings. The Hall–Kier alpha value is -0.290. The van der Waals surface area contributed by atoms with E-state index in [1.165, 1.54) is 25.7 Å². The molecule has 1 aliphatic carbocycles. The Kier molecular flexibility index (Phi) is 5.55. The van der Waals surface area contributed by atoms with Gasteiger partial charge in [0.15, 0.2) is 0 Å². The van der Waals surface area contributed by atoms with Crippen molar-refractivity contribution in [3.05, 3.63) is 0 Å².